The van der Waals surface area contributed by atoms with Crippen LogP contribution >= 0.6 is 0 Å². The van der Waals surface area contributed by atoms with Crippen molar-refractivity contribution in [1.82, 2.24) is 0 Å². The van der Waals surface area contributed by atoms with Gasteiger partial charge in [0.05, 0.1) is 14.2 Å². The molecule has 2 aromatic carbocycles. The summed E-state index contributed by atoms with van der Waals surface area (Å²) in [6, 6.07) is 12.3. The maximum Gasteiger partial charge on any atom is 0.126 e. The summed E-state index contributed by atoms with van der Waals surface area (Å²) in [4.78, 5) is 0. The van der Waals surface area contributed by atoms with E-state index in [1.165, 1.54) is 16.7 Å². The smallest absolute Gasteiger partial charge is 0.126 e. The number of hydrogen-bond acceptors (Lipinski definition) is 2. The lowest BCUT2D eigenvalue weighted by Crippen LogP contribution is -1.92. The van der Waals surface area contributed by atoms with Crippen molar-refractivity contribution in [1.29, 1.82) is 0 Å². The Hall–Kier alpha value is -1.96. The van der Waals surface area contributed by atoms with Crippen LogP contribution in [0, 0.1) is 13.8 Å². The zero-order chi connectivity index (χ0) is 13.1. The second-order valence-electron chi connectivity index (χ2n) is 4.38. The second kappa shape index (κ2) is 5.13. The maximum absolute atomic E-state index is 5.44. The largest absolute Gasteiger partial charge is 0.497 e. The Morgan fingerprint density at radius 1 is 0.778 bits per heavy atom. The first-order chi connectivity index (χ1) is 8.65. The lowest BCUT2D eigenvalue weighted by atomic mass is 9.97. The minimum atomic E-state index is 0.840. The highest BCUT2D eigenvalue weighted by atomic mass is 16.5. The van der Waals surface area contributed by atoms with Gasteiger partial charge < -0.3 is 9.47 Å². The molecule has 2 aromatic rings. The quantitative estimate of drug-likeness (QED) is 0.810. The normalized spacial score (nSPS) is 10.2. The highest BCUT2D eigenvalue weighted by Gasteiger charge is 2.10. The SMILES string of the molecule is COc1ccc(OC)c(-c2cc(C)ccc2C)c1. The molecule has 2 heteroatoms. The van der Waals surface area contributed by atoms with E-state index in [9.17, 15) is 0 Å². The van der Waals surface area contributed by atoms with E-state index in [1.807, 2.05) is 18.2 Å². The van der Waals surface area contributed by atoms with Gasteiger partial charge in [-0.25, -0.2) is 0 Å². The second-order valence-corrected chi connectivity index (χ2v) is 4.38. The average Bonchev–Trinajstić information content (AvgIpc) is 2.40. The van der Waals surface area contributed by atoms with Gasteiger partial charge in [-0.3, -0.25) is 0 Å². The Morgan fingerprint density at radius 3 is 2.22 bits per heavy atom. The molecule has 0 fully saturated rings. The van der Waals surface area contributed by atoms with Crippen LogP contribution in [0.3, 0.4) is 0 Å². The molecule has 0 aromatic heterocycles. The Kier molecular flexibility index (Phi) is 3.56. The molecule has 0 saturated heterocycles. The summed E-state index contributed by atoms with van der Waals surface area (Å²) >= 11 is 0. The number of rotatable bonds is 3. The van der Waals surface area contributed by atoms with Crippen molar-refractivity contribution < 1.29 is 9.47 Å². The Labute approximate surface area is 108 Å². The molecule has 2 nitrogen and oxygen atoms in total. The first-order valence-electron chi connectivity index (χ1n) is 5.95. The van der Waals surface area contributed by atoms with Gasteiger partial charge in [-0.05, 0) is 43.2 Å². The molecule has 0 saturated carbocycles. The monoisotopic (exact) mass is 242 g/mol. The van der Waals surface area contributed by atoms with E-state index in [2.05, 4.69) is 32.0 Å². The molecule has 0 heterocycles. The summed E-state index contributed by atoms with van der Waals surface area (Å²) in [6.07, 6.45) is 0. The lowest BCUT2D eigenvalue weighted by Gasteiger charge is -2.13. The van der Waals surface area contributed by atoms with Crippen molar-refractivity contribution >= 4 is 0 Å². The predicted molar refractivity (Wildman–Crippen MR) is 74.5 cm³/mol. The third kappa shape index (κ3) is 2.33. The van der Waals surface area contributed by atoms with Gasteiger partial charge in [0, 0.05) is 5.56 Å². The van der Waals surface area contributed by atoms with Gasteiger partial charge >= 0.3 is 0 Å². The fourth-order valence-corrected chi connectivity index (χ4v) is 2.05. The summed E-state index contributed by atoms with van der Waals surface area (Å²) in [5.41, 5.74) is 4.72. The van der Waals surface area contributed by atoms with Gasteiger partial charge in [0.1, 0.15) is 11.5 Å². The van der Waals surface area contributed by atoms with Crippen molar-refractivity contribution in [2.75, 3.05) is 14.2 Å². The van der Waals surface area contributed by atoms with Crippen molar-refractivity contribution in [3.63, 3.8) is 0 Å². The van der Waals surface area contributed by atoms with Gasteiger partial charge in [0.2, 0.25) is 0 Å². The third-order valence-corrected chi connectivity index (χ3v) is 3.09. The van der Waals surface area contributed by atoms with Crippen molar-refractivity contribution in [3.05, 3.63) is 47.5 Å². The molecule has 2 rings (SSSR count). The Balaban J connectivity index is 2.64. The number of ether oxygens (including phenoxy) is 2. The molecule has 0 aliphatic heterocycles. The summed E-state index contributed by atoms with van der Waals surface area (Å²) < 4.78 is 10.7. The van der Waals surface area contributed by atoms with Crippen molar-refractivity contribution in [2.45, 2.75) is 13.8 Å². The van der Waals surface area contributed by atoms with Crippen LogP contribution in [0.5, 0.6) is 11.5 Å². The van der Waals surface area contributed by atoms with Crippen molar-refractivity contribution in [3.8, 4) is 22.6 Å². The standard InChI is InChI=1S/C16H18O2/c1-11-5-6-12(2)14(9-11)15-10-13(17-3)7-8-16(15)18-4/h5-10H,1-4H3. The van der Waals surface area contributed by atoms with Crippen LogP contribution in [0.4, 0.5) is 0 Å². The first-order valence-corrected chi connectivity index (χ1v) is 5.95. The van der Waals surface area contributed by atoms with Crippen molar-refractivity contribution in [2.24, 2.45) is 0 Å². The Bertz CT molecular complexity index is 559. The van der Waals surface area contributed by atoms with E-state index in [0.717, 1.165) is 17.1 Å². The van der Waals surface area contributed by atoms with Crippen LogP contribution in [0.15, 0.2) is 36.4 Å². The molecule has 94 valence electrons. The molecule has 0 spiro atoms. The topological polar surface area (TPSA) is 18.5 Å². The summed E-state index contributed by atoms with van der Waals surface area (Å²) in [5, 5.41) is 0. The van der Waals surface area contributed by atoms with Gasteiger partial charge in [0.15, 0.2) is 0 Å². The summed E-state index contributed by atoms with van der Waals surface area (Å²) in [7, 11) is 3.37. The van der Waals surface area contributed by atoms with Gasteiger partial charge in [0.25, 0.3) is 0 Å². The highest BCUT2D eigenvalue weighted by molar-refractivity contribution is 5.75. The molecule has 0 aliphatic carbocycles. The minimum absolute atomic E-state index is 0.840. The summed E-state index contributed by atoms with van der Waals surface area (Å²) in [6.45, 7) is 4.20. The molecule has 0 radical (unpaired) electrons. The molecule has 0 bridgehead atoms. The van der Waals surface area contributed by atoms with Crippen LogP contribution in [-0.2, 0) is 0 Å². The minimum Gasteiger partial charge on any atom is -0.497 e. The molecular weight excluding hydrogens is 224 g/mol. The Morgan fingerprint density at radius 2 is 1.56 bits per heavy atom. The zero-order valence-corrected chi connectivity index (χ0v) is 11.3. The number of methoxy groups -OCH3 is 2. The number of benzene rings is 2. The van der Waals surface area contributed by atoms with E-state index in [-0.39, 0.29) is 0 Å². The van der Waals surface area contributed by atoms with Gasteiger partial charge in [-0.1, -0.05) is 23.8 Å². The fraction of sp³-hybridized carbons (Fsp3) is 0.250. The molecule has 18 heavy (non-hydrogen) atoms. The van der Waals surface area contributed by atoms with Crippen LogP contribution in [0.1, 0.15) is 11.1 Å². The average molecular weight is 242 g/mol. The molecule has 0 atom stereocenters. The van der Waals surface area contributed by atoms with E-state index >= 15 is 0 Å². The summed E-state index contributed by atoms with van der Waals surface area (Å²) in [5.74, 6) is 1.70. The fourth-order valence-electron chi connectivity index (χ4n) is 2.05. The van der Waals surface area contributed by atoms with E-state index < -0.39 is 0 Å². The third-order valence-electron chi connectivity index (χ3n) is 3.09. The van der Waals surface area contributed by atoms with Gasteiger partial charge in [-0.15, -0.1) is 0 Å². The number of hydrogen-bond donors (Lipinski definition) is 0. The van der Waals surface area contributed by atoms with Crippen LogP contribution in [0.25, 0.3) is 11.1 Å². The molecule has 0 aliphatic rings. The lowest BCUT2D eigenvalue weighted by molar-refractivity contribution is 0.404. The van der Waals surface area contributed by atoms with E-state index in [0.29, 0.717) is 0 Å². The molecular formula is C16H18O2. The number of aryl methyl sites for hydroxylation is 2. The zero-order valence-electron chi connectivity index (χ0n) is 11.3. The molecule has 0 N–H and O–H groups in total. The van der Waals surface area contributed by atoms with Gasteiger partial charge in [-0.2, -0.15) is 0 Å². The van der Waals surface area contributed by atoms with E-state index in [4.69, 9.17) is 9.47 Å². The molecule has 0 amide bonds. The van der Waals surface area contributed by atoms with E-state index in [1.54, 1.807) is 14.2 Å². The molecule has 0 unspecified atom stereocenters. The first kappa shape index (κ1) is 12.5. The highest BCUT2D eigenvalue weighted by Crippen LogP contribution is 2.35. The van der Waals surface area contributed by atoms with Crippen LogP contribution in [-0.4, -0.2) is 14.2 Å². The van der Waals surface area contributed by atoms with Crippen LogP contribution < -0.4 is 9.47 Å². The predicted octanol–water partition coefficient (Wildman–Crippen LogP) is 3.99. The maximum atomic E-state index is 5.44. The van der Waals surface area contributed by atoms with Crippen LogP contribution in [0.2, 0.25) is 0 Å².